The summed E-state index contributed by atoms with van der Waals surface area (Å²) in [5.74, 6) is 2.01. The number of nitrogens with zero attached hydrogens (tertiary/aromatic N) is 1. The third kappa shape index (κ3) is 4.70. The van der Waals surface area contributed by atoms with E-state index in [1.165, 1.54) is 6.08 Å². The lowest BCUT2D eigenvalue weighted by Crippen LogP contribution is -2.32. The first-order chi connectivity index (χ1) is 15.2. The van der Waals surface area contributed by atoms with Gasteiger partial charge in [-0.3, -0.25) is 4.79 Å². The minimum atomic E-state index is -0.357. The maximum Gasteiger partial charge on any atom is 0.267 e. The third-order valence-corrected chi connectivity index (χ3v) is 5.23. The average molecular weight is 421 g/mol. The van der Waals surface area contributed by atoms with Gasteiger partial charge in [0.25, 0.3) is 5.91 Å². The van der Waals surface area contributed by atoms with Crippen molar-refractivity contribution in [3.05, 3.63) is 59.4 Å². The second-order valence-electron chi connectivity index (χ2n) is 7.54. The van der Waals surface area contributed by atoms with Gasteiger partial charge in [-0.25, -0.2) is 15.3 Å². The van der Waals surface area contributed by atoms with Crippen LogP contribution in [0.3, 0.4) is 0 Å². The molecule has 1 fully saturated rings. The van der Waals surface area contributed by atoms with E-state index in [0.29, 0.717) is 13.0 Å². The minimum Gasteiger partial charge on any atom is -0.454 e. The Bertz CT molecular complexity index is 1060. The van der Waals surface area contributed by atoms with Crippen LogP contribution in [0, 0.1) is 0 Å². The summed E-state index contributed by atoms with van der Waals surface area (Å²) in [6.45, 7) is 0.918. The molecule has 5 rings (SSSR count). The normalized spacial score (nSPS) is 18.0. The highest BCUT2D eigenvalue weighted by atomic mass is 16.8. The minimum absolute atomic E-state index is 0.249. The van der Waals surface area contributed by atoms with Crippen LogP contribution in [-0.2, 0) is 20.8 Å². The van der Waals surface area contributed by atoms with Crippen LogP contribution in [0.2, 0.25) is 0 Å². The van der Waals surface area contributed by atoms with Crippen LogP contribution < -0.4 is 15.0 Å². The quantitative estimate of drug-likeness (QED) is 0.468. The third-order valence-electron chi connectivity index (χ3n) is 5.23. The Labute approximate surface area is 179 Å². The molecule has 0 bridgehead atoms. The number of benzene rings is 2. The smallest absolute Gasteiger partial charge is 0.267 e. The molecule has 160 valence electrons. The van der Waals surface area contributed by atoms with Crippen molar-refractivity contribution >= 4 is 23.0 Å². The highest BCUT2D eigenvalue weighted by molar-refractivity contribution is 5.90. The summed E-state index contributed by atoms with van der Waals surface area (Å²) in [4.78, 5) is 25.2. The molecule has 0 spiro atoms. The number of hydrogen-bond donors (Lipinski definition) is 2. The Morgan fingerprint density at radius 1 is 1.19 bits per heavy atom. The fourth-order valence-corrected chi connectivity index (χ4v) is 3.61. The maximum atomic E-state index is 11.9. The van der Waals surface area contributed by atoms with Crippen molar-refractivity contribution in [2.75, 3.05) is 13.4 Å². The van der Waals surface area contributed by atoms with Gasteiger partial charge >= 0.3 is 0 Å². The molecule has 0 saturated carbocycles. The van der Waals surface area contributed by atoms with Crippen LogP contribution in [0.1, 0.15) is 36.2 Å². The topological polar surface area (TPSA) is 94.7 Å². The number of amides is 1. The molecule has 2 aliphatic rings. The summed E-state index contributed by atoms with van der Waals surface area (Å²) in [6.07, 6.45) is 6.37. The largest absolute Gasteiger partial charge is 0.454 e. The number of rotatable bonds is 6. The van der Waals surface area contributed by atoms with Crippen molar-refractivity contribution in [3.63, 3.8) is 0 Å². The van der Waals surface area contributed by atoms with E-state index in [1.807, 2.05) is 36.4 Å². The molecular weight excluding hydrogens is 398 g/mol. The van der Waals surface area contributed by atoms with E-state index in [-0.39, 0.29) is 19.0 Å². The van der Waals surface area contributed by atoms with Crippen LogP contribution in [0.15, 0.2) is 42.5 Å². The molecule has 3 heterocycles. The molecule has 2 aromatic carbocycles. The molecule has 8 heteroatoms. The molecule has 1 unspecified atom stereocenters. The SMILES string of the molecule is O=C(C=Cc1ccc(Cc2nc3cc4c(cc3[nH]2)OCO4)cc1)NOC1CCCCO1. The number of carbonyl (C=O) groups is 1. The molecule has 2 aliphatic heterocycles. The van der Waals surface area contributed by atoms with Crippen LogP contribution in [-0.4, -0.2) is 35.6 Å². The number of carbonyl (C=O) groups excluding carboxylic acids is 1. The molecule has 8 nitrogen and oxygen atoms in total. The molecule has 1 saturated heterocycles. The summed E-state index contributed by atoms with van der Waals surface area (Å²) in [7, 11) is 0. The van der Waals surface area contributed by atoms with Gasteiger partial charge in [-0.15, -0.1) is 0 Å². The van der Waals surface area contributed by atoms with Crippen molar-refractivity contribution in [1.29, 1.82) is 0 Å². The highest BCUT2D eigenvalue weighted by Gasteiger charge is 2.16. The predicted octanol–water partition coefficient (Wildman–Crippen LogP) is 3.47. The summed E-state index contributed by atoms with van der Waals surface area (Å²) in [5.41, 5.74) is 6.22. The number of ether oxygens (including phenoxy) is 3. The highest BCUT2D eigenvalue weighted by Crippen LogP contribution is 2.35. The Kier molecular flexibility index (Phi) is 5.56. The molecule has 0 aliphatic carbocycles. The molecule has 2 N–H and O–H groups in total. The lowest BCUT2D eigenvalue weighted by atomic mass is 10.1. The van der Waals surface area contributed by atoms with Gasteiger partial charge < -0.3 is 19.2 Å². The van der Waals surface area contributed by atoms with Gasteiger partial charge in [0.2, 0.25) is 6.79 Å². The number of fused-ring (bicyclic) bond motifs is 2. The zero-order chi connectivity index (χ0) is 21.0. The summed E-state index contributed by atoms with van der Waals surface area (Å²) < 4.78 is 16.2. The first-order valence-corrected chi connectivity index (χ1v) is 10.4. The van der Waals surface area contributed by atoms with E-state index >= 15 is 0 Å². The Hall–Kier alpha value is -3.36. The second kappa shape index (κ2) is 8.79. The van der Waals surface area contributed by atoms with Crippen LogP contribution in [0.25, 0.3) is 17.1 Å². The van der Waals surface area contributed by atoms with E-state index < -0.39 is 0 Å². The Morgan fingerprint density at radius 3 is 2.84 bits per heavy atom. The predicted molar refractivity (Wildman–Crippen MR) is 113 cm³/mol. The van der Waals surface area contributed by atoms with Gasteiger partial charge in [-0.05, 0) is 30.0 Å². The average Bonchev–Trinajstić information content (AvgIpc) is 3.41. The fraction of sp³-hybridized carbons (Fsp3) is 0.304. The Balaban J connectivity index is 1.16. The molecule has 1 atom stereocenters. The number of imidazole rings is 1. The fourth-order valence-electron chi connectivity index (χ4n) is 3.61. The van der Waals surface area contributed by atoms with Gasteiger partial charge in [-0.2, -0.15) is 0 Å². The van der Waals surface area contributed by atoms with Crippen molar-refractivity contribution in [2.24, 2.45) is 0 Å². The first-order valence-electron chi connectivity index (χ1n) is 10.4. The zero-order valence-corrected chi connectivity index (χ0v) is 16.9. The van der Waals surface area contributed by atoms with E-state index in [2.05, 4.69) is 15.4 Å². The van der Waals surface area contributed by atoms with Crippen molar-refractivity contribution in [1.82, 2.24) is 15.4 Å². The summed E-state index contributed by atoms with van der Waals surface area (Å²) in [5, 5.41) is 0. The standard InChI is InChI=1S/C23H23N3O5/c27-22(26-31-23-3-1-2-10-28-23)9-8-15-4-6-16(7-5-15)11-21-24-17-12-19-20(30-14-29-19)13-18(17)25-21/h4-9,12-13,23H,1-3,10-11,14H2,(H,24,25)(H,26,27). The molecule has 1 aromatic heterocycles. The molecule has 3 aromatic rings. The van der Waals surface area contributed by atoms with E-state index in [9.17, 15) is 4.79 Å². The van der Waals surface area contributed by atoms with E-state index in [0.717, 1.165) is 58.7 Å². The van der Waals surface area contributed by atoms with Crippen molar-refractivity contribution in [2.45, 2.75) is 32.0 Å². The molecular formula is C23H23N3O5. The Morgan fingerprint density at radius 2 is 2.03 bits per heavy atom. The van der Waals surface area contributed by atoms with Crippen molar-refractivity contribution < 1.29 is 23.8 Å². The second-order valence-corrected chi connectivity index (χ2v) is 7.54. The number of aromatic nitrogens is 2. The lowest BCUT2D eigenvalue weighted by molar-refractivity contribution is -0.198. The van der Waals surface area contributed by atoms with Crippen LogP contribution in [0.4, 0.5) is 0 Å². The zero-order valence-electron chi connectivity index (χ0n) is 16.9. The molecule has 0 radical (unpaired) electrons. The number of nitrogens with one attached hydrogen (secondary N) is 2. The van der Waals surface area contributed by atoms with E-state index in [1.54, 1.807) is 6.08 Å². The number of hydroxylamine groups is 1. The van der Waals surface area contributed by atoms with Crippen LogP contribution >= 0.6 is 0 Å². The van der Waals surface area contributed by atoms with Gasteiger partial charge in [0.1, 0.15) is 5.82 Å². The van der Waals surface area contributed by atoms with Gasteiger partial charge in [-0.1, -0.05) is 24.3 Å². The van der Waals surface area contributed by atoms with Crippen molar-refractivity contribution in [3.8, 4) is 11.5 Å². The van der Waals surface area contributed by atoms with Gasteiger partial charge in [0.05, 0.1) is 11.0 Å². The number of aromatic amines is 1. The van der Waals surface area contributed by atoms with Crippen LogP contribution in [0.5, 0.6) is 11.5 Å². The summed E-state index contributed by atoms with van der Waals surface area (Å²) in [6, 6.07) is 11.8. The van der Waals surface area contributed by atoms with E-state index in [4.69, 9.17) is 19.0 Å². The summed E-state index contributed by atoms with van der Waals surface area (Å²) >= 11 is 0. The maximum absolute atomic E-state index is 11.9. The van der Waals surface area contributed by atoms with Gasteiger partial charge in [0, 0.05) is 37.7 Å². The first kappa shape index (κ1) is 19.6. The number of hydrogen-bond acceptors (Lipinski definition) is 6. The lowest BCUT2D eigenvalue weighted by Gasteiger charge is -2.21. The van der Waals surface area contributed by atoms with Gasteiger partial charge in [0.15, 0.2) is 17.8 Å². The molecule has 31 heavy (non-hydrogen) atoms. The molecule has 1 amide bonds. The number of H-pyrrole nitrogens is 1. The monoisotopic (exact) mass is 421 g/mol.